The highest BCUT2D eigenvalue weighted by molar-refractivity contribution is 5.69. The summed E-state index contributed by atoms with van der Waals surface area (Å²) in [5.41, 5.74) is -2.14. The van der Waals surface area contributed by atoms with Crippen LogP contribution in [0.25, 0.3) is 0 Å². The van der Waals surface area contributed by atoms with Gasteiger partial charge >= 0.3 is 12.1 Å². The molecule has 2 nitrogen and oxygen atoms in total. The first-order valence-electron chi connectivity index (χ1n) is 3.70. The minimum atomic E-state index is -4.40. The topological polar surface area (TPSA) is 26.3 Å². The zero-order chi connectivity index (χ0) is 9.41. The van der Waals surface area contributed by atoms with E-state index in [1.807, 2.05) is 0 Å². The molecule has 70 valence electrons. The number of alkyl halides is 3. The zero-order valence-electron chi connectivity index (χ0n) is 6.57. The van der Waals surface area contributed by atoms with Crippen LogP contribution in [-0.2, 0) is 9.53 Å². The maximum absolute atomic E-state index is 12.1. The molecule has 0 radical (unpaired) electrons. The lowest BCUT2D eigenvalue weighted by Gasteiger charge is -2.19. The van der Waals surface area contributed by atoms with Crippen molar-refractivity contribution in [1.82, 2.24) is 0 Å². The van der Waals surface area contributed by atoms with Crippen LogP contribution in [0.2, 0.25) is 0 Å². The lowest BCUT2D eigenvalue weighted by atomic mass is 10.3. The van der Waals surface area contributed by atoms with Crippen LogP contribution in [0.5, 0.6) is 0 Å². The van der Waals surface area contributed by atoms with Crippen molar-refractivity contribution >= 4 is 5.97 Å². The number of hydrogen-bond acceptors (Lipinski definition) is 2. The molecule has 0 aliphatic heterocycles. The highest BCUT2D eigenvalue weighted by Gasteiger charge is 2.66. The van der Waals surface area contributed by atoms with E-state index in [0.29, 0.717) is 0 Å². The van der Waals surface area contributed by atoms with Gasteiger partial charge < -0.3 is 4.74 Å². The van der Waals surface area contributed by atoms with Crippen LogP contribution in [-0.4, -0.2) is 17.7 Å². The minimum Gasteiger partial charge on any atom is -0.449 e. The summed E-state index contributed by atoms with van der Waals surface area (Å²) in [4.78, 5) is 10.6. The van der Waals surface area contributed by atoms with Gasteiger partial charge in [-0.15, -0.1) is 0 Å². The van der Waals surface area contributed by atoms with Gasteiger partial charge in [0.1, 0.15) is 0 Å². The van der Waals surface area contributed by atoms with Gasteiger partial charge in [0.25, 0.3) is 0 Å². The van der Waals surface area contributed by atoms with Crippen LogP contribution in [0.4, 0.5) is 13.2 Å². The van der Waals surface area contributed by atoms with E-state index >= 15 is 0 Å². The van der Waals surface area contributed by atoms with E-state index < -0.39 is 17.7 Å². The number of halogens is 3. The molecule has 1 aliphatic rings. The summed E-state index contributed by atoms with van der Waals surface area (Å²) in [6.45, 7) is 1.47. The van der Waals surface area contributed by atoms with Gasteiger partial charge in [-0.3, -0.25) is 4.79 Å². The van der Waals surface area contributed by atoms with Crippen LogP contribution >= 0.6 is 0 Å². The Balaban J connectivity index is 2.56. The predicted octanol–water partition coefficient (Wildman–Crippen LogP) is 2.03. The van der Waals surface area contributed by atoms with Gasteiger partial charge in [-0.2, -0.15) is 13.2 Å². The van der Waals surface area contributed by atoms with Crippen molar-refractivity contribution in [1.29, 1.82) is 0 Å². The number of rotatable bonds is 2. The van der Waals surface area contributed by atoms with Gasteiger partial charge in [0, 0.05) is 19.3 Å². The number of carbonyl (C=O) groups excluding carboxylic acids is 1. The molecule has 5 heteroatoms. The Kier molecular flexibility index (Phi) is 2.06. The largest absolute Gasteiger partial charge is 0.449 e. The molecule has 0 spiro atoms. The Hall–Kier alpha value is -0.740. The second-order valence-electron chi connectivity index (χ2n) is 2.82. The second-order valence-corrected chi connectivity index (χ2v) is 2.82. The molecule has 0 aromatic carbocycles. The Morgan fingerprint density at radius 2 is 2.00 bits per heavy atom. The first-order chi connectivity index (χ1) is 5.41. The highest BCUT2D eigenvalue weighted by atomic mass is 19.4. The molecular weight excluding hydrogens is 173 g/mol. The van der Waals surface area contributed by atoms with Crippen molar-refractivity contribution in [2.75, 3.05) is 0 Å². The standard InChI is InChI=1S/C7H9F3O2/c1-2-5(11)12-6(3-4-6)7(8,9)10/h2-4H2,1H3. The molecule has 0 saturated heterocycles. The average Bonchev–Trinajstić information content (AvgIpc) is 2.67. The molecule has 1 aliphatic carbocycles. The van der Waals surface area contributed by atoms with Crippen LogP contribution < -0.4 is 0 Å². The molecule has 0 unspecified atom stereocenters. The second kappa shape index (κ2) is 2.64. The van der Waals surface area contributed by atoms with E-state index in [1.54, 1.807) is 0 Å². The summed E-state index contributed by atoms with van der Waals surface area (Å²) in [6.07, 6.45) is -4.61. The third kappa shape index (κ3) is 1.54. The van der Waals surface area contributed by atoms with Crippen LogP contribution in [0.3, 0.4) is 0 Å². The SMILES string of the molecule is CCC(=O)OC1(C(F)(F)F)CC1. The lowest BCUT2D eigenvalue weighted by Crippen LogP contribution is -2.35. The number of ether oxygens (including phenoxy) is 1. The lowest BCUT2D eigenvalue weighted by molar-refractivity contribution is -0.233. The maximum atomic E-state index is 12.1. The number of hydrogen-bond donors (Lipinski definition) is 0. The van der Waals surface area contributed by atoms with Gasteiger partial charge in [0.15, 0.2) is 0 Å². The van der Waals surface area contributed by atoms with E-state index in [0.717, 1.165) is 0 Å². The van der Waals surface area contributed by atoms with Crippen LogP contribution in [0.15, 0.2) is 0 Å². The Morgan fingerprint density at radius 3 is 2.25 bits per heavy atom. The molecule has 1 fully saturated rings. The summed E-state index contributed by atoms with van der Waals surface area (Å²) < 4.78 is 40.6. The number of carbonyl (C=O) groups is 1. The third-order valence-electron chi connectivity index (χ3n) is 1.82. The molecule has 0 aromatic heterocycles. The normalized spacial score (nSPS) is 20.3. The predicted molar refractivity (Wildman–Crippen MR) is 34.4 cm³/mol. The minimum absolute atomic E-state index is 0.0160. The van der Waals surface area contributed by atoms with E-state index in [2.05, 4.69) is 4.74 Å². The van der Waals surface area contributed by atoms with Gasteiger partial charge in [0.2, 0.25) is 5.60 Å². The molecule has 1 saturated carbocycles. The molecule has 0 bridgehead atoms. The third-order valence-corrected chi connectivity index (χ3v) is 1.82. The smallest absolute Gasteiger partial charge is 0.428 e. The fourth-order valence-electron chi connectivity index (χ4n) is 0.847. The quantitative estimate of drug-likeness (QED) is 0.611. The van der Waals surface area contributed by atoms with Crippen LogP contribution in [0, 0.1) is 0 Å². The summed E-state index contributed by atoms with van der Waals surface area (Å²) >= 11 is 0. The fourth-order valence-corrected chi connectivity index (χ4v) is 0.847. The fraction of sp³-hybridized carbons (Fsp3) is 0.857. The van der Waals surface area contributed by atoms with Crippen molar-refractivity contribution in [3.63, 3.8) is 0 Å². The van der Waals surface area contributed by atoms with Gasteiger partial charge in [-0.05, 0) is 0 Å². The highest BCUT2D eigenvalue weighted by Crippen LogP contribution is 2.52. The molecule has 0 amide bonds. The monoisotopic (exact) mass is 182 g/mol. The maximum Gasteiger partial charge on any atom is 0.428 e. The molecule has 0 atom stereocenters. The molecular formula is C7H9F3O2. The van der Waals surface area contributed by atoms with Gasteiger partial charge in [-0.1, -0.05) is 6.92 Å². The van der Waals surface area contributed by atoms with E-state index in [-0.39, 0.29) is 19.3 Å². The van der Waals surface area contributed by atoms with Crippen molar-refractivity contribution in [2.45, 2.75) is 38.0 Å². The molecule has 12 heavy (non-hydrogen) atoms. The summed E-state index contributed by atoms with van der Waals surface area (Å²) in [5, 5.41) is 0. The molecule has 0 aromatic rings. The van der Waals surface area contributed by atoms with Crippen molar-refractivity contribution in [2.24, 2.45) is 0 Å². The zero-order valence-corrected chi connectivity index (χ0v) is 6.57. The van der Waals surface area contributed by atoms with E-state index in [4.69, 9.17) is 0 Å². The Morgan fingerprint density at radius 1 is 1.50 bits per heavy atom. The first-order valence-corrected chi connectivity index (χ1v) is 3.70. The van der Waals surface area contributed by atoms with Gasteiger partial charge in [0.05, 0.1) is 0 Å². The molecule has 0 N–H and O–H groups in total. The average molecular weight is 182 g/mol. The van der Waals surface area contributed by atoms with Crippen molar-refractivity contribution in [3.8, 4) is 0 Å². The summed E-state index contributed by atoms with van der Waals surface area (Å²) in [7, 11) is 0. The van der Waals surface area contributed by atoms with Crippen LogP contribution in [0.1, 0.15) is 26.2 Å². The molecule has 0 heterocycles. The van der Waals surface area contributed by atoms with Gasteiger partial charge in [-0.25, -0.2) is 0 Å². The van der Waals surface area contributed by atoms with Crippen molar-refractivity contribution in [3.05, 3.63) is 0 Å². The van der Waals surface area contributed by atoms with Crippen molar-refractivity contribution < 1.29 is 22.7 Å². The Labute approximate surface area is 67.7 Å². The number of esters is 1. The summed E-state index contributed by atoms with van der Waals surface area (Å²) in [5.74, 6) is -0.787. The molecule has 1 rings (SSSR count). The first kappa shape index (κ1) is 9.35. The summed E-state index contributed by atoms with van der Waals surface area (Å²) in [6, 6.07) is 0. The van der Waals surface area contributed by atoms with E-state index in [1.165, 1.54) is 6.92 Å². The Bertz CT molecular complexity index is 193. The van der Waals surface area contributed by atoms with E-state index in [9.17, 15) is 18.0 Å².